The molecule has 0 unspecified atom stereocenters. The number of hydrogen-bond acceptors (Lipinski definition) is 6. The summed E-state index contributed by atoms with van der Waals surface area (Å²) in [5.41, 5.74) is 2.65. The number of piperidine rings is 1. The maximum atomic E-state index is 13.4. The van der Waals surface area contributed by atoms with Crippen molar-refractivity contribution in [1.82, 2.24) is 24.5 Å². The molecule has 0 bridgehead atoms. The van der Waals surface area contributed by atoms with Gasteiger partial charge in [0.2, 0.25) is 15.2 Å². The molecular formula is C21H20FN5O2S2. The molecule has 0 spiro atoms. The maximum Gasteiger partial charge on any atom is 0.243 e. The second-order valence-electron chi connectivity index (χ2n) is 7.51. The second kappa shape index (κ2) is 8.18. The largest absolute Gasteiger partial charge is 0.338 e. The van der Waals surface area contributed by atoms with Crippen LogP contribution < -0.4 is 0 Å². The van der Waals surface area contributed by atoms with Crippen LogP contribution in [0.15, 0.2) is 52.5 Å². The normalized spacial score (nSPS) is 15.6. The van der Waals surface area contributed by atoms with E-state index in [1.165, 1.54) is 23.9 Å². The summed E-state index contributed by atoms with van der Waals surface area (Å²) in [7, 11) is -3.53. The van der Waals surface area contributed by atoms with Crippen molar-refractivity contribution in [3.05, 3.63) is 53.8 Å². The minimum Gasteiger partial charge on any atom is -0.338 e. The molecule has 0 aliphatic carbocycles. The maximum absolute atomic E-state index is 13.4. The number of thioether (sulfide) groups is 1. The number of nitrogens with one attached hydrogen (secondary N) is 1. The molecule has 0 amide bonds. The van der Waals surface area contributed by atoms with E-state index in [4.69, 9.17) is 0 Å². The Morgan fingerprint density at radius 2 is 1.90 bits per heavy atom. The first-order chi connectivity index (χ1) is 15.0. The Kier molecular flexibility index (Phi) is 5.37. The van der Waals surface area contributed by atoms with E-state index in [1.807, 2.05) is 6.07 Å². The van der Waals surface area contributed by atoms with Gasteiger partial charge in [-0.1, -0.05) is 30.3 Å². The van der Waals surface area contributed by atoms with E-state index in [1.54, 1.807) is 28.6 Å². The first-order valence-corrected chi connectivity index (χ1v) is 12.5. The highest BCUT2D eigenvalue weighted by Crippen LogP contribution is 2.29. The van der Waals surface area contributed by atoms with Crippen LogP contribution in [0.4, 0.5) is 4.39 Å². The molecule has 2 aromatic carbocycles. The number of hydrogen-bond donors (Lipinski definition) is 1. The molecule has 160 valence electrons. The van der Waals surface area contributed by atoms with Gasteiger partial charge in [0.1, 0.15) is 11.3 Å². The molecule has 31 heavy (non-hydrogen) atoms. The summed E-state index contributed by atoms with van der Waals surface area (Å²) in [5, 5.41) is 9.60. The molecule has 3 heterocycles. The molecule has 1 fully saturated rings. The lowest BCUT2D eigenvalue weighted by Crippen LogP contribution is -2.35. The van der Waals surface area contributed by atoms with Gasteiger partial charge in [0.25, 0.3) is 0 Å². The van der Waals surface area contributed by atoms with Crippen molar-refractivity contribution in [2.24, 2.45) is 0 Å². The van der Waals surface area contributed by atoms with Gasteiger partial charge in [-0.05, 0) is 48.7 Å². The van der Waals surface area contributed by atoms with E-state index in [0.717, 1.165) is 30.3 Å². The van der Waals surface area contributed by atoms with Crippen LogP contribution in [0.5, 0.6) is 0 Å². The van der Waals surface area contributed by atoms with Crippen molar-refractivity contribution in [1.29, 1.82) is 0 Å². The SMILES string of the molecule is O=S(=O)(c1ccc2[nH]c3nc(SCc4cccc(F)c4)nnc3c2c1)N1CCCCC1. The number of nitrogens with zero attached hydrogens (tertiary/aromatic N) is 4. The summed E-state index contributed by atoms with van der Waals surface area (Å²) < 4.78 is 40.9. The summed E-state index contributed by atoms with van der Waals surface area (Å²) in [4.78, 5) is 7.96. The van der Waals surface area contributed by atoms with E-state index in [0.29, 0.717) is 40.5 Å². The van der Waals surface area contributed by atoms with Crippen LogP contribution in [0.2, 0.25) is 0 Å². The molecule has 0 atom stereocenters. The van der Waals surface area contributed by atoms with Gasteiger partial charge in [-0.25, -0.2) is 17.8 Å². The Balaban J connectivity index is 1.44. The molecule has 5 rings (SSSR count). The van der Waals surface area contributed by atoms with Gasteiger partial charge in [-0.15, -0.1) is 10.2 Å². The number of H-pyrrole nitrogens is 1. The van der Waals surface area contributed by atoms with Crippen molar-refractivity contribution in [3.63, 3.8) is 0 Å². The average Bonchev–Trinajstić information content (AvgIpc) is 3.15. The molecular weight excluding hydrogens is 437 g/mol. The number of halogens is 1. The molecule has 2 aromatic heterocycles. The third kappa shape index (κ3) is 4.02. The molecule has 10 heteroatoms. The first kappa shape index (κ1) is 20.3. The fourth-order valence-corrected chi connectivity index (χ4v) is 6.06. The zero-order valence-corrected chi connectivity index (χ0v) is 18.2. The quantitative estimate of drug-likeness (QED) is 0.454. The molecule has 4 aromatic rings. The summed E-state index contributed by atoms with van der Waals surface area (Å²) >= 11 is 1.36. The Bertz CT molecular complexity index is 1370. The topological polar surface area (TPSA) is 91.8 Å². The van der Waals surface area contributed by atoms with E-state index in [-0.39, 0.29) is 10.7 Å². The molecule has 0 saturated carbocycles. The lowest BCUT2D eigenvalue weighted by atomic mass is 10.2. The van der Waals surface area contributed by atoms with Gasteiger partial charge in [0.05, 0.1) is 4.90 Å². The number of fused-ring (bicyclic) bond motifs is 3. The van der Waals surface area contributed by atoms with E-state index < -0.39 is 10.0 Å². The highest BCUT2D eigenvalue weighted by molar-refractivity contribution is 7.98. The van der Waals surface area contributed by atoms with Gasteiger partial charge in [0, 0.05) is 29.7 Å². The van der Waals surface area contributed by atoms with Crippen molar-refractivity contribution in [3.8, 4) is 0 Å². The molecule has 1 aliphatic rings. The van der Waals surface area contributed by atoms with Crippen LogP contribution in [0.25, 0.3) is 22.1 Å². The lowest BCUT2D eigenvalue weighted by Gasteiger charge is -2.25. The minimum absolute atomic E-state index is 0.258. The highest BCUT2D eigenvalue weighted by Gasteiger charge is 2.26. The fraction of sp³-hybridized carbons (Fsp3) is 0.286. The molecule has 0 radical (unpaired) electrons. The molecule has 1 N–H and O–H groups in total. The van der Waals surface area contributed by atoms with Crippen LogP contribution in [0, 0.1) is 5.82 Å². The van der Waals surface area contributed by atoms with Crippen molar-refractivity contribution < 1.29 is 12.8 Å². The molecule has 1 aliphatic heterocycles. The Morgan fingerprint density at radius 3 is 2.71 bits per heavy atom. The van der Waals surface area contributed by atoms with E-state index in [9.17, 15) is 12.8 Å². The van der Waals surface area contributed by atoms with Crippen molar-refractivity contribution in [2.45, 2.75) is 35.1 Å². The van der Waals surface area contributed by atoms with Crippen LogP contribution in [-0.4, -0.2) is 46.0 Å². The van der Waals surface area contributed by atoms with E-state index in [2.05, 4.69) is 20.2 Å². The van der Waals surface area contributed by atoms with Gasteiger partial charge in [-0.2, -0.15) is 4.31 Å². The first-order valence-electron chi connectivity index (χ1n) is 10.0. The summed E-state index contributed by atoms with van der Waals surface area (Å²) in [6, 6.07) is 11.4. The zero-order valence-electron chi connectivity index (χ0n) is 16.6. The van der Waals surface area contributed by atoms with Crippen molar-refractivity contribution >= 4 is 43.9 Å². The van der Waals surface area contributed by atoms with Gasteiger partial charge in [-0.3, -0.25) is 0 Å². The monoisotopic (exact) mass is 457 g/mol. The highest BCUT2D eigenvalue weighted by atomic mass is 32.2. The van der Waals surface area contributed by atoms with Crippen LogP contribution >= 0.6 is 11.8 Å². The van der Waals surface area contributed by atoms with Gasteiger partial charge in [0.15, 0.2) is 5.65 Å². The fourth-order valence-electron chi connectivity index (χ4n) is 3.79. The summed E-state index contributed by atoms with van der Waals surface area (Å²) in [6.45, 7) is 1.11. The average molecular weight is 458 g/mol. The number of rotatable bonds is 5. The standard InChI is InChI=1S/C21H20FN5O2S2/c22-15-6-4-5-14(11-15)13-30-21-24-20-19(25-26-21)17-12-16(7-8-18(17)23-20)31(28,29)27-9-2-1-3-10-27/h4-8,11-12H,1-3,9-10,13H2,(H,23,24,26). The van der Waals surface area contributed by atoms with Crippen LogP contribution in [0.3, 0.4) is 0 Å². The third-order valence-electron chi connectivity index (χ3n) is 5.38. The Hall–Kier alpha value is -2.56. The zero-order chi connectivity index (χ0) is 21.4. The predicted molar refractivity (Wildman–Crippen MR) is 118 cm³/mol. The second-order valence-corrected chi connectivity index (χ2v) is 10.4. The van der Waals surface area contributed by atoms with Gasteiger partial charge >= 0.3 is 0 Å². The number of sulfonamides is 1. The van der Waals surface area contributed by atoms with Crippen LogP contribution in [-0.2, 0) is 15.8 Å². The lowest BCUT2D eigenvalue weighted by molar-refractivity contribution is 0.346. The smallest absolute Gasteiger partial charge is 0.243 e. The molecule has 7 nitrogen and oxygen atoms in total. The summed E-state index contributed by atoms with van der Waals surface area (Å²) in [5.74, 6) is 0.238. The van der Waals surface area contributed by atoms with Crippen molar-refractivity contribution in [2.75, 3.05) is 13.1 Å². The number of aromatic amines is 1. The molecule has 1 saturated heterocycles. The van der Waals surface area contributed by atoms with Gasteiger partial charge < -0.3 is 4.98 Å². The number of aromatic nitrogens is 4. The Labute approximate surface area is 183 Å². The van der Waals surface area contributed by atoms with E-state index >= 15 is 0 Å². The third-order valence-corrected chi connectivity index (χ3v) is 8.18. The minimum atomic E-state index is -3.53. The van der Waals surface area contributed by atoms with Crippen LogP contribution in [0.1, 0.15) is 24.8 Å². The Morgan fingerprint density at radius 1 is 1.06 bits per heavy atom. The number of benzene rings is 2. The summed E-state index contributed by atoms with van der Waals surface area (Å²) in [6.07, 6.45) is 2.84. The predicted octanol–water partition coefficient (Wildman–Crippen LogP) is 4.11.